The van der Waals surface area contributed by atoms with Crippen molar-refractivity contribution in [3.05, 3.63) is 108 Å². The zero-order valence-corrected chi connectivity index (χ0v) is 17.8. The van der Waals surface area contributed by atoms with Crippen LogP contribution >= 0.6 is 0 Å². The van der Waals surface area contributed by atoms with Crippen molar-refractivity contribution in [2.75, 3.05) is 5.32 Å². The monoisotopic (exact) mass is 410 g/mol. The van der Waals surface area contributed by atoms with Crippen LogP contribution in [0.2, 0.25) is 0 Å². The van der Waals surface area contributed by atoms with Gasteiger partial charge in [-0.05, 0) is 47.7 Å². The summed E-state index contributed by atoms with van der Waals surface area (Å²) in [4.78, 5) is 17.4. The van der Waals surface area contributed by atoms with Crippen molar-refractivity contribution in [1.29, 1.82) is 0 Å². The maximum absolute atomic E-state index is 12.9. The lowest BCUT2D eigenvalue weighted by molar-refractivity contribution is 0.101. The van der Waals surface area contributed by atoms with Crippen LogP contribution in [0.1, 0.15) is 47.3 Å². The van der Waals surface area contributed by atoms with Crippen molar-refractivity contribution in [2.45, 2.75) is 32.6 Å². The van der Waals surface area contributed by atoms with Crippen LogP contribution in [0.15, 0.2) is 84.9 Å². The van der Waals surface area contributed by atoms with Gasteiger partial charge in [0.25, 0.3) is 5.91 Å². The number of nitrogens with zero attached hydrogens (tertiary/aromatic N) is 3. The quantitative estimate of drug-likeness (QED) is 0.442. The molecule has 156 valence electrons. The Morgan fingerprint density at radius 3 is 2.16 bits per heavy atom. The number of hydrogen-bond acceptors (Lipinski definition) is 3. The molecule has 1 amide bonds. The first-order chi connectivity index (χ1) is 15.1. The van der Waals surface area contributed by atoms with Gasteiger partial charge in [0.2, 0.25) is 5.82 Å². The van der Waals surface area contributed by atoms with Crippen molar-refractivity contribution < 1.29 is 4.79 Å². The maximum atomic E-state index is 12.9. The van der Waals surface area contributed by atoms with Gasteiger partial charge in [0.05, 0.1) is 5.69 Å². The van der Waals surface area contributed by atoms with Gasteiger partial charge in [0.1, 0.15) is 5.82 Å². The highest BCUT2D eigenvalue weighted by Crippen LogP contribution is 2.18. The second kappa shape index (κ2) is 9.39. The Morgan fingerprint density at radius 2 is 1.52 bits per heavy atom. The van der Waals surface area contributed by atoms with Crippen LogP contribution in [-0.4, -0.2) is 20.7 Å². The summed E-state index contributed by atoms with van der Waals surface area (Å²) < 4.78 is 1.76. The van der Waals surface area contributed by atoms with Crippen molar-refractivity contribution >= 4 is 11.6 Å². The SMILES string of the molecule is CC(C)c1ccc(NC(=O)c2nc(CCc3ccccc3)n(-c3ccccc3)n2)cc1. The molecule has 5 nitrogen and oxygen atoms in total. The fourth-order valence-electron chi connectivity index (χ4n) is 3.42. The maximum Gasteiger partial charge on any atom is 0.295 e. The molecule has 1 aromatic heterocycles. The number of rotatable bonds is 7. The van der Waals surface area contributed by atoms with Gasteiger partial charge in [-0.15, -0.1) is 5.10 Å². The number of aromatic nitrogens is 3. The lowest BCUT2D eigenvalue weighted by atomic mass is 10.0. The van der Waals surface area contributed by atoms with E-state index in [1.807, 2.05) is 72.8 Å². The van der Waals surface area contributed by atoms with Crippen molar-refractivity contribution in [3.63, 3.8) is 0 Å². The summed E-state index contributed by atoms with van der Waals surface area (Å²) in [5, 5.41) is 7.44. The van der Waals surface area contributed by atoms with Crippen LogP contribution in [0.4, 0.5) is 5.69 Å². The molecule has 0 saturated heterocycles. The highest BCUT2D eigenvalue weighted by Gasteiger charge is 2.18. The molecule has 3 aromatic carbocycles. The normalized spacial score (nSPS) is 10.9. The molecule has 0 radical (unpaired) electrons. The number of para-hydroxylation sites is 1. The van der Waals surface area contributed by atoms with Gasteiger partial charge in [-0.2, -0.15) is 0 Å². The number of benzene rings is 3. The highest BCUT2D eigenvalue weighted by atomic mass is 16.2. The highest BCUT2D eigenvalue weighted by molar-refractivity contribution is 6.01. The lowest BCUT2D eigenvalue weighted by Crippen LogP contribution is -2.14. The predicted octanol–water partition coefficient (Wildman–Crippen LogP) is 5.43. The van der Waals surface area contributed by atoms with Gasteiger partial charge in [-0.1, -0.05) is 74.5 Å². The third kappa shape index (κ3) is 5.07. The fraction of sp³-hybridized carbons (Fsp3) is 0.192. The standard InChI is InChI=1S/C26H26N4O/c1-19(2)21-14-16-22(17-15-21)27-26(31)25-28-24(18-13-20-9-5-3-6-10-20)30(29-25)23-11-7-4-8-12-23/h3-12,14-17,19H,13,18H2,1-2H3,(H,27,31). The van der Waals surface area contributed by atoms with Crippen LogP contribution < -0.4 is 5.32 Å². The van der Waals surface area contributed by atoms with E-state index in [0.29, 0.717) is 12.3 Å². The van der Waals surface area contributed by atoms with E-state index in [0.717, 1.165) is 23.6 Å². The minimum absolute atomic E-state index is 0.167. The topological polar surface area (TPSA) is 59.8 Å². The first kappa shape index (κ1) is 20.5. The van der Waals surface area contributed by atoms with Crippen LogP contribution in [0.3, 0.4) is 0 Å². The Labute approximate surface area is 182 Å². The van der Waals surface area contributed by atoms with Gasteiger partial charge in [-0.25, -0.2) is 9.67 Å². The van der Waals surface area contributed by atoms with Gasteiger partial charge in [0, 0.05) is 12.1 Å². The second-order valence-electron chi connectivity index (χ2n) is 7.82. The zero-order valence-electron chi connectivity index (χ0n) is 17.8. The zero-order chi connectivity index (χ0) is 21.6. The molecule has 1 heterocycles. The molecule has 0 aliphatic rings. The summed E-state index contributed by atoms with van der Waals surface area (Å²) in [5.41, 5.74) is 4.07. The summed E-state index contributed by atoms with van der Waals surface area (Å²) >= 11 is 0. The number of amides is 1. The minimum Gasteiger partial charge on any atom is -0.319 e. The molecule has 0 aliphatic heterocycles. The summed E-state index contributed by atoms with van der Waals surface area (Å²) in [7, 11) is 0. The molecule has 0 spiro atoms. The van der Waals surface area contributed by atoms with E-state index in [2.05, 4.69) is 41.4 Å². The van der Waals surface area contributed by atoms with E-state index in [1.165, 1.54) is 11.1 Å². The third-order valence-electron chi connectivity index (χ3n) is 5.19. The van der Waals surface area contributed by atoms with Crippen molar-refractivity contribution in [2.24, 2.45) is 0 Å². The minimum atomic E-state index is -0.312. The average molecular weight is 411 g/mol. The Bertz CT molecular complexity index is 1130. The number of nitrogens with one attached hydrogen (secondary N) is 1. The lowest BCUT2D eigenvalue weighted by Gasteiger charge is -2.07. The van der Waals surface area contributed by atoms with Gasteiger partial charge < -0.3 is 5.32 Å². The van der Waals surface area contributed by atoms with Crippen LogP contribution in [0.5, 0.6) is 0 Å². The Kier molecular flexibility index (Phi) is 6.22. The molecule has 4 aromatic rings. The molecule has 0 atom stereocenters. The molecule has 0 aliphatic carbocycles. The predicted molar refractivity (Wildman–Crippen MR) is 124 cm³/mol. The summed E-state index contributed by atoms with van der Waals surface area (Å²) in [6, 6.07) is 27.9. The molecular formula is C26H26N4O. The number of carbonyl (C=O) groups excluding carboxylic acids is 1. The Balaban J connectivity index is 1.57. The molecule has 4 rings (SSSR count). The van der Waals surface area contributed by atoms with Crippen molar-refractivity contribution in [3.8, 4) is 5.69 Å². The average Bonchev–Trinajstić information content (AvgIpc) is 3.24. The van der Waals surface area contributed by atoms with Crippen LogP contribution in [-0.2, 0) is 12.8 Å². The van der Waals surface area contributed by atoms with E-state index in [-0.39, 0.29) is 11.7 Å². The first-order valence-electron chi connectivity index (χ1n) is 10.6. The molecule has 0 saturated carbocycles. The largest absolute Gasteiger partial charge is 0.319 e. The van der Waals surface area contributed by atoms with E-state index >= 15 is 0 Å². The molecule has 1 N–H and O–H groups in total. The summed E-state index contributed by atoms with van der Waals surface area (Å²) in [6.07, 6.45) is 1.51. The van der Waals surface area contributed by atoms with E-state index in [4.69, 9.17) is 0 Å². The molecule has 31 heavy (non-hydrogen) atoms. The molecule has 5 heteroatoms. The van der Waals surface area contributed by atoms with Gasteiger partial charge >= 0.3 is 0 Å². The number of carbonyl (C=O) groups is 1. The Morgan fingerprint density at radius 1 is 0.871 bits per heavy atom. The number of anilines is 1. The summed E-state index contributed by atoms with van der Waals surface area (Å²) in [5.74, 6) is 1.06. The first-order valence-corrected chi connectivity index (χ1v) is 10.6. The number of hydrogen-bond donors (Lipinski definition) is 1. The van der Waals surface area contributed by atoms with Crippen LogP contribution in [0.25, 0.3) is 5.69 Å². The second-order valence-corrected chi connectivity index (χ2v) is 7.82. The van der Waals surface area contributed by atoms with Crippen LogP contribution in [0, 0.1) is 0 Å². The fourth-order valence-corrected chi connectivity index (χ4v) is 3.42. The summed E-state index contributed by atoms with van der Waals surface area (Å²) in [6.45, 7) is 4.29. The van der Waals surface area contributed by atoms with E-state index < -0.39 is 0 Å². The number of aryl methyl sites for hydroxylation is 2. The third-order valence-corrected chi connectivity index (χ3v) is 5.19. The van der Waals surface area contributed by atoms with E-state index in [9.17, 15) is 4.79 Å². The molecule has 0 unspecified atom stereocenters. The smallest absolute Gasteiger partial charge is 0.295 e. The molecular weight excluding hydrogens is 384 g/mol. The van der Waals surface area contributed by atoms with E-state index in [1.54, 1.807) is 4.68 Å². The van der Waals surface area contributed by atoms with Crippen molar-refractivity contribution in [1.82, 2.24) is 14.8 Å². The molecule has 0 fully saturated rings. The van der Waals surface area contributed by atoms with Gasteiger partial charge in [-0.3, -0.25) is 4.79 Å². The Hall–Kier alpha value is -3.73. The molecule has 0 bridgehead atoms. The van der Waals surface area contributed by atoms with Gasteiger partial charge in [0.15, 0.2) is 0 Å².